The molecule has 0 saturated heterocycles. The number of aromatic nitrogens is 3. The average molecular weight is 299 g/mol. The maximum atomic E-state index is 6.25. The van der Waals surface area contributed by atoms with Crippen LogP contribution >= 0.6 is 11.6 Å². The predicted octanol–water partition coefficient (Wildman–Crippen LogP) is 3.28. The van der Waals surface area contributed by atoms with Crippen LogP contribution in [0.4, 0.5) is 0 Å². The maximum absolute atomic E-state index is 6.25. The van der Waals surface area contributed by atoms with E-state index in [0.717, 1.165) is 16.8 Å². The van der Waals surface area contributed by atoms with Crippen molar-refractivity contribution in [2.75, 3.05) is 0 Å². The zero-order chi connectivity index (χ0) is 14.8. The minimum Gasteiger partial charge on any atom is -0.319 e. The molecule has 106 valence electrons. The Morgan fingerprint density at radius 2 is 1.90 bits per heavy atom. The number of halogens is 1. The van der Waals surface area contributed by atoms with Gasteiger partial charge in [0, 0.05) is 5.02 Å². The van der Waals surface area contributed by atoms with E-state index in [1.54, 1.807) is 11.0 Å². The van der Waals surface area contributed by atoms with Crippen LogP contribution in [0.25, 0.3) is 5.69 Å². The maximum Gasteiger partial charge on any atom is 0.104 e. The van der Waals surface area contributed by atoms with Gasteiger partial charge < -0.3 is 5.73 Å². The highest BCUT2D eigenvalue weighted by molar-refractivity contribution is 6.31. The highest BCUT2D eigenvalue weighted by Crippen LogP contribution is 2.23. The lowest BCUT2D eigenvalue weighted by molar-refractivity contribution is 0.720. The Balaban J connectivity index is 1.90. The number of aryl methyl sites for hydroxylation is 1. The van der Waals surface area contributed by atoms with E-state index in [2.05, 4.69) is 10.2 Å². The number of nitrogens with zero attached hydrogens (tertiary/aromatic N) is 3. The van der Waals surface area contributed by atoms with Crippen molar-refractivity contribution in [3.8, 4) is 5.69 Å². The van der Waals surface area contributed by atoms with Crippen LogP contribution in [-0.2, 0) is 0 Å². The van der Waals surface area contributed by atoms with Gasteiger partial charge in [0.2, 0.25) is 0 Å². The molecule has 1 atom stereocenters. The first-order valence-electron chi connectivity index (χ1n) is 6.64. The number of hydrogen-bond acceptors (Lipinski definition) is 3. The molecule has 4 nitrogen and oxygen atoms in total. The van der Waals surface area contributed by atoms with Gasteiger partial charge in [-0.15, -0.1) is 0 Å². The van der Waals surface area contributed by atoms with E-state index < -0.39 is 0 Å². The highest BCUT2D eigenvalue weighted by Gasteiger charge is 2.14. The molecule has 0 spiro atoms. The summed E-state index contributed by atoms with van der Waals surface area (Å²) in [4.78, 5) is 1.57. The predicted molar refractivity (Wildman–Crippen MR) is 83.6 cm³/mol. The Bertz CT molecular complexity index is 752. The first-order chi connectivity index (χ1) is 10.1. The van der Waals surface area contributed by atoms with Crippen LogP contribution in [0, 0.1) is 6.92 Å². The van der Waals surface area contributed by atoms with Crippen molar-refractivity contribution in [1.82, 2.24) is 15.0 Å². The largest absolute Gasteiger partial charge is 0.319 e. The van der Waals surface area contributed by atoms with Gasteiger partial charge in [0.15, 0.2) is 0 Å². The summed E-state index contributed by atoms with van der Waals surface area (Å²) >= 11 is 6.15. The summed E-state index contributed by atoms with van der Waals surface area (Å²) < 4.78 is 0. The van der Waals surface area contributed by atoms with E-state index in [4.69, 9.17) is 17.3 Å². The van der Waals surface area contributed by atoms with Crippen LogP contribution in [0.3, 0.4) is 0 Å². The van der Waals surface area contributed by atoms with Gasteiger partial charge >= 0.3 is 0 Å². The van der Waals surface area contributed by atoms with Crippen LogP contribution in [0.5, 0.6) is 0 Å². The molecule has 0 aliphatic carbocycles. The van der Waals surface area contributed by atoms with Gasteiger partial charge in [0.05, 0.1) is 17.9 Å². The van der Waals surface area contributed by atoms with Gasteiger partial charge in [-0.2, -0.15) is 15.0 Å². The van der Waals surface area contributed by atoms with Crippen LogP contribution in [0.15, 0.2) is 54.7 Å². The molecule has 0 radical (unpaired) electrons. The fourth-order valence-corrected chi connectivity index (χ4v) is 2.27. The van der Waals surface area contributed by atoms with Crippen molar-refractivity contribution in [1.29, 1.82) is 0 Å². The molecule has 2 N–H and O–H groups in total. The number of rotatable bonds is 3. The van der Waals surface area contributed by atoms with Gasteiger partial charge in [-0.05, 0) is 36.2 Å². The number of benzene rings is 2. The van der Waals surface area contributed by atoms with Crippen LogP contribution in [0.2, 0.25) is 5.02 Å². The zero-order valence-electron chi connectivity index (χ0n) is 11.6. The summed E-state index contributed by atoms with van der Waals surface area (Å²) in [6.45, 7) is 1.96. The first kappa shape index (κ1) is 13.8. The van der Waals surface area contributed by atoms with Crippen molar-refractivity contribution < 1.29 is 0 Å². The Morgan fingerprint density at radius 1 is 1.14 bits per heavy atom. The van der Waals surface area contributed by atoms with Gasteiger partial charge in [-0.3, -0.25) is 0 Å². The molecule has 3 aromatic rings. The summed E-state index contributed by atoms with van der Waals surface area (Å²) in [7, 11) is 0. The molecule has 0 saturated carbocycles. The highest BCUT2D eigenvalue weighted by atomic mass is 35.5. The molecular formula is C16H15ClN4. The molecule has 0 bridgehead atoms. The quantitative estimate of drug-likeness (QED) is 0.807. The molecule has 2 aromatic carbocycles. The molecule has 0 aliphatic heterocycles. The normalized spacial score (nSPS) is 12.3. The summed E-state index contributed by atoms with van der Waals surface area (Å²) in [5.41, 5.74) is 9.81. The topological polar surface area (TPSA) is 56.7 Å². The molecule has 1 unspecified atom stereocenters. The van der Waals surface area contributed by atoms with Crippen LogP contribution in [0.1, 0.15) is 22.9 Å². The molecular weight excluding hydrogens is 284 g/mol. The van der Waals surface area contributed by atoms with Crippen molar-refractivity contribution in [2.45, 2.75) is 13.0 Å². The molecule has 21 heavy (non-hydrogen) atoms. The number of hydrogen-bond donors (Lipinski definition) is 1. The summed E-state index contributed by atoms with van der Waals surface area (Å²) in [5.74, 6) is 0. The van der Waals surface area contributed by atoms with Gasteiger partial charge in [0.25, 0.3) is 0 Å². The monoisotopic (exact) mass is 298 g/mol. The summed E-state index contributed by atoms with van der Waals surface area (Å²) in [5, 5.41) is 9.42. The fraction of sp³-hybridized carbons (Fsp3) is 0.125. The number of para-hydroxylation sites is 1. The molecule has 0 aliphatic rings. The van der Waals surface area contributed by atoms with E-state index in [-0.39, 0.29) is 6.04 Å². The molecule has 5 heteroatoms. The fourth-order valence-electron chi connectivity index (χ4n) is 2.08. The van der Waals surface area contributed by atoms with Gasteiger partial charge in [-0.1, -0.05) is 41.9 Å². The van der Waals surface area contributed by atoms with Crippen LogP contribution in [-0.4, -0.2) is 15.0 Å². The van der Waals surface area contributed by atoms with Crippen molar-refractivity contribution in [3.05, 3.63) is 76.6 Å². The van der Waals surface area contributed by atoms with E-state index in [0.29, 0.717) is 10.7 Å². The second-order valence-corrected chi connectivity index (χ2v) is 5.29. The van der Waals surface area contributed by atoms with Crippen LogP contribution < -0.4 is 5.73 Å². The van der Waals surface area contributed by atoms with E-state index in [1.165, 1.54) is 0 Å². The zero-order valence-corrected chi connectivity index (χ0v) is 12.3. The lowest BCUT2D eigenvalue weighted by Crippen LogP contribution is -2.13. The van der Waals surface area contributed by atoms with Gasteiger partial charge in [0.1, 0.15) is 5.69 Å². The lowest BCUT2D eigenvalue weighted by Gasteiger charge is -2.10. The average Bonchev–Trinajstić information content (AvgIpc) is 3.00. The molecule has 0 amide bonds. The molecule has 3 rings (SSSR count). The van der Waals surface area contributed by atoms with E-state index in [9.17, 15) is 0 Å². The summed E-state index contributed by atoms with van der Waals surface area (Å²) in [6, 6.07) is 15.2. The lowest BCUT2D eigenvalue weighted by atomic mass is 10.0. The Morgan fingerprint density at radius 3 is 2.62 bits per heavy atom. The minimum absolute atomic E-state index is 0.347. The number of nitrogens with two attached hydrogens (primary N) is 1. The third kappa shape index (κ3) is 2.82. The van der Waals surface area contributed by atoms with Crippen molar-refractivity contribution >= 4 is 11.6 Å². The third-order valence-corrected chi connectivity index (χ3v) is 3.78. The molecule has 0 fully saturated rings. The minimum atomic E-state index is -0.347. The third-order valence-electron chi connectivity index (χ3n) is 3.37. The Hall–Kier alpha value is -2.17. The molecule has 1 aromatic heterocycles. The van der Waals surface area contributed by atoms with E-state index in [1.807, 2.05) is 55.5 Å². The standard InChI is InChI=1S/C16H15ClN4/c1-11-7-8-12(9-14(11)17)16(18)15-10-19-21(20-15)13-5-3-2-4-6-13/h2-10,16H,18H2,1H3. The Kier molecular flexibility index (Phi) is 3.73. The Labute approximate surface area is 128 Å². The summed E-state index contributed by atoms with van der Waals surface area (Å²) in [6.07, 6.45) is 1.69. The first-order valence-corrected chi connectivity index (χ1v) is 7.02. The second-order valence-electron chi connectivity index (χ2n) is 4.88. The van der Waals surface area contributed by atoms with Crippen molar-refractivity contribution in [2.24, 2.45) is 5.73 Å². The smallest absolute Gasteiger partial charge is 0.104 e. The van der Waals surface area contributed by atoms with Crippen molar-refractivity contribution in [3.63, 3.8) is 0 Å². The second kappa shape index (κ2) is 5.68. The van der Waals surface area contributed by atoms with E-state index >= 15 is 0 Å². The SMILES string of the molecule is Cc1ccc(C(N)c2cnn(-c3ccccc3)n2)cc1Cl. The van der Waals surface area contributed by atoms with Gasteiger partial charge in [-0.25, -0.2) is 0 Å². The molecule has 1 heterocycles.